The number of carbonyl (C=O) groups is 1. The Morgan fingerprint density at radius 1 is 0.917 bits per heavy atom. The maximum absolute atomic E-state index is 13.2. The molecule has 0 atom stereocenters. The van der Waals surface area contributed by atoms with Gasteiger partial charge in [-0.05, 0) is 61.0 Å². The number of nitrogens with zero attached hydrogens (tertiary/aromatic N) is 3. The summed E-state index contributed by atoms with van der Waals surface area (Å²) < 4.78 is 80.7. The van der Waals surface area contributed by atoms with Crippen molar-refractivity contribution < 1.29 is 31.1 Å². The third-order valence-corrected chi connectivity index (χ3v) is 5.41. The lowest BCUT2D eigenvalue weighted by molar-refractivity contribution is -0.143. The molecule has 194 valence electrons. The number of hydrogen-bond donors (Lipinski definition) is 1. The minimum atomic E-state index is -4.93. The zero-order valence-electron chi connectivity index (χ0n) is 20.1. The van der Waals surface area contributed by atoms with Crippen LogP contribution in [-0.2, 0) is 12.4 Å². The molecule has 2 aromatic carbocycles. The highest BCUT2D eigenvalue weighted by molar-refractivity contribution is 5.93. The topological polar surface area (TPSA) is 50.2 Å². The molecular weight excluding hydrogens is 486 g/mol. The fourth-order valence-electron chi connectivity index (χ4n) is 3.93. The summed E-state index contributed by atoms with van der Waals surface area (Å²) in [4.78, 5) is 18.8. The summed E-state index contributed by atoms with van der Waals surface area (Å²) in [7, 11) is 3.87. The quantitative estimate of drug-likeness (QED) is 0.402. The smallest absolute Gasteiger partial charge is 0.350 e. The highest BCUT2D eigenvalue weighted by Gasteiger charge is 2.37. The first-order valence-corrected chi connectivity index (χ1v) is 10.9. The molecule has 1 N–H and O–H groups in total. The lowest BCUT2D eigenvalue weighted by atomic mass is 9.93. The molecule has 11 heteroatoms. The van der Waals surface area contributed by atoms with Crippen LogP contribution in [0.1, 0.15) is 35.5 Å². The van der Waals surface area contributed by atoms with E-state index in [4.69, 9.17) is 0 Å². The average Bonchev–Trinajstić information content (AvgIpc) is 3.25. The highest BCUT2D eigenvalue weighted by Crippen LogP contribution is 2.38. The third-order valence-electron chi connectivity index (χ3n) is 5.41. The maximum Gasteiger partial charge on any atom is 0.416 e. The van der Waals surface area contributed by atoms with Gasteiger partial charge in [-0.2, -0.15) is 26.3 Å². The van der Waals surface area contributed by atoms with Gasteiger partial charge in [-0.3, -0.25) is 9.36 Å². The maximum atomic E-state index is 13.2. The van der Waals surface area contributed by atoms with Gasteiger partial charge in [0.05, 0.1) is 23.7 Å². The molecule has 0 saturated heterocycles. The number of aromatic nitrogens is 2. The van der Waals surface area contributed by atoms with Crippen molar-refractivity contribution in [1.29, 1.82) is 0 Å². The number of carbonyl (C=O) groups excluding carboxylic acids is 1. The van der Waals surface area contributed by atoms with Crippen molar-refractivity contribution in [1.82, 2.24) is 19.8 Å². The molecule has 0 radical (unpaired) electrons. The van der Waals surface area contributed by atoms with E-state index in [1.165, 1.54) is 41.4 Å². The van der Waals surface area contributed by atoms with Crippen molar-refractivity contribution in [2.75, 3.05) is 27.2 Å². The van der Waals surface area contributed by atoms with Gasteiger partial charge in [0.1, 0.15) is 5.69 Å². The zero-order chi connectivity index (χ0) is 26.9. The van der Waals surface area contributed by atoms with E-state index in [1.54, 1.807) is 0 Å². The predicted octanol–water partition coefficient (Wildman–Crippen LogP) is 5.89. The molecule has 0 fully saturated rings. The highest BCUT2D eigenvalue weighted by atomic mass is 19.4. The standard InChI is InChI=1S/C25H26F6N4O/c1-23(2,14-34(3)4)13-33-22(36)21-12-32-15-35(21)20-7-5-16(6-8-20)17-9-18(24(26,27)28)11-19(10-17)25(29,30)31/h5-12,15H,13-14H2,1-4H3,(H,33,36). The largest absolute Gasteiger partial charge is 0.416 e. The van der Waals surface area contributed by atoms with Gasteiger partial charge in [0.25, 0.3) is 5.91 Å². The summed E-state index contributed by atoms with van der Waals surface area (Å²) in [5.74, 6) is -0.365. The van der Waals surface area contributed by atoms with Crippen LogP contribution < -0.4 is 5.32 Å². The molecule has 1 amide bonds. The summed E-state index contributed by atoms with van der Waals surface area (Å²) in [5, 5.41) is 2.88. The van der Waals surface area contributed by atoms with Gasteiger partial charge >= 0.3 is 12.4 Å². The Morgan fingerprint density at radius 2 is 1.47 bits per heavy atom. The van der Waals surface area contributed by atoms with E-state index in [2.05, 4.69) is 10.3 Å². The molecule has 0 saturated carbocycles. The molecular formula is C25H26F6N4O. The van der Waals surface area contributed by atoms with Crippen LogP contribution in [0.3, 0.4) is 0 Å². The van der Waals surface area contributed by atoms with Crippen molar-refractivity contribution in [3.8, 4) is 16.8 Å². The summed E-state index contributed by atoms with van der Waals surface area (Å²) in [5.41, 5.74) is -2.32. The lowest BCUT2D eigenvalue weighted by Gasteiger charge is -2.28. The van der Waals surface area contributed by atoms with Gasteiger partial charge in [0.15, 0.2) is 0 Å². The van der Waals surface area contributed by atoms with Crippen LogP contribution in [0, 0.1) is 5.41 Å². The van der Waals surface area contributed by atoms with E-state index < -0.39 is 23.5 Å². The second-order valence-electron chi connectivity index (χ2n) is 9.57. The molecule has 5 nitrogen and oxygen atoms in total. The SMILES string of the molecule is CN(C)CC(C)(C)CNC(=O)c1cncn1-c1ccc(-c2cc(C(F)(F)F)cc(C(F)(F)F)c2)cc1. The second-order valence-corrected chi connectivity index (χ2v) is 9.57. The molecule has 0 aliphatic heterocycles. The fraction of sp³-hybridized carbons (Fsp3) is 0.360. The second kappa shape index (κ2) is 9.96. The summed E-state index contributed by atoms with van der Waals surface area (Å²) >= 11 is 0. The van der Waals surface area contributed by atoms with E-state index in [9.17, 15) is 31.1 Å². The molecule has 1 aromatic heterocycles. The number of imidazole rings is 1. The van der Waals surface area contributed by atoms with Crippen LogP contribution in [0.2, 0.25) is 0 Å². The minimum Gasteiger partial charge on any atom is -0.350 e. The van der Waals surface area contributed by atoms with Crippen LogP contribution in [-0.4, -0.2) is 47.5 Å². The number of hydrogen-bond acceptors (Lipinski definition) is 3. The van der Waals surface area contributed by atoms with E-state index in [0.717, 1.165) is 6.54 Å². The fourth-order valence-corrected chi connectivity index (χ4v) is 3.93. The van der Waals surface area contributed by atoms with Gasteiger partial charge in [0, 0.05) is 18.8 Å². The number of amides is 1. The number of alkyl halides is 6. The molecule has 0 aliphatic rings. The van der Waals surface area contributed by atoms with Crippen LogP contribution in [0.15, 0.2) is 55.0 Å². The van der Waals surface area contributed by atoms with Crippen LogP contribution in [0.25, 0.3) is 16.8 Å². The third kappa shape index (κ3) is 6.66. The van der Waals surface area contributed by atoms with E-state index in [0.29, 0.717) is 24.4 Å². The number of rotatable bonds is 7. The molecule has 0 bridgehead atoms. The van der Waals surface area contributed by atoms with Crippen LogP contribution in [0.5, 0.6) is 0 Å². The van der Waals surface area contributed by atoms with Gasteiger partial charge in [-0.1, -0.05) is 26.0 Å². The lowest BCUT2D eigenvalue weighted by Crippen LogP contribution is -2.40. The van der Waals surface area contributed by atoms with Gasteiger partial charge in [-0.25, -0.2) is 4.98 Å². The summed E-state index contributed by atoms with van der Waals surface area (Å²) in [6.07, 6.45) is -7.09. The normalized spacial score (nSPS) is 12.8. The van der Waals surface area contributed by atoms with Crippen LogP contribution >= 0.6 is 0 Å². The van der Waals surface area contributed by atoms with E-state index >= 15 is 0 Å². The predicted molar refractivity (Wildman–Crippen MR) is 124 cm³/mol. The Balaban J connectivity index is 1.87. The Labute approximate surface area is 204 Å². The van der Waals surface area contributed by atoms with E-state index in [1.807, 2.05) is 32.8 Å². The van der Waals surface area contributed by atoms with Crippen LogP contribution in [0.4, 0.5) is 26.3 Å². The molecule has 0 unspecified atom stereocenters. The van der Waals surface area contributed by atoms with Crippen molar-refractivity contribution in [3.05, 3.63) is 71.8 Å². The van der Waals surface area contributed by atoms with Crippen molar-refractivity contribution >= 4 is 5.91 Å². The zero-order valence-corrected chi connectivity index (χ0v) is 20.1. The monoisotopic (exact) mass is 512 g/mol. The van der Waals surface area contributed by atoms with Crippen molar-refractivity contribution in [3.63, 3.8) is 0 Å². The Hall–Kier alpha value is -3.34. The van der Waals surface area contributed by atoms with E-state index in [-0.39, 0.29) is 34.2 Å². The molecule has 3 rings (SSSR count). The molecule has 1 heterocycles. The Bertz CT molecular complexity index is 1180. The number of halogens is 6. The Morgan fingerprint density at radius 3 is 1.97 bits per heavy atom. The summed E-state index contributed by atoms with van der Waals surface area (Å²) in [6, 6.07) is 7.23. The molecule has 0 aliphatic carbocycles. The van der Waals surface area contributed by atoms with Crippen molar-refractivity contribution in [2.45, 2.75) is 26.2 Å². The molecule has 36 heavy (non-hydrogen) atoms. The van der Waals surface area contributed by atoms with Crippen molar-refractivity contribution in [2.24, 2.45) is 5.41 Å². The first kappa shape index (κ1) is 27.3. The number of nitrogens with one attached hydrogen (secondary N) is 1. The van der Waals surface area contributed by atoms with Gasteiger partial charge in [-0.15, -0.1) is 0 Å². The molecule has 0 spiro atoms. The van der Waals surface area contributed by atoms with Gasteiger partial charge < -0.3 is 10.2 Å². The minimum absolute atomic E-state index is 0.0913. The first-order chi connectivity index (χ1) is 16.6. The first-order valence-electron chi connectivity index (χ1n) is 10.9. The molecule has 3 aromatic rings. The Kier molecular flexibility index (Phi) is 7.54. The van der Waals surface area contributed by atoms with Gasteiger partial charge in [0.2, 0.25) is 0 Å². The average molecular weight is 512 g/mol. The summed E-state index contributed by atoms with van der Waals surface area (Å²) in [6.45, 7) is 5.19. The number of benzene rings is 2.